The Morgan fingerprint density at radius 2 is 1.66 bits per heavy atom. The van der Waals surface area contributed by atoms with E-state index in [0.29, 0.717) is 46.4 Å². The molecule has 0 amide bonds. The van der Waals surface area contributed by atoms with E-state index >= 15 is 0 Å². The minimum Gasteiger partial charge on any atom is -0.497 e. The van der Waals surface area contributed by atoms with Crippen molar-refractivity contribution in [2.75, 3.05) is 33.8 Å². The first-order chi connectivity index (χ1) is 15.4. The fourth-order valence-electron chi connectivity index (χ4n) is 3.42. The van der Waals surface area contributed by atoms with Gasteiger partial charge in [-0.25, -0.2) is 4.39 Å². The van der Waals surface area contributed by atoms with Gasteiger partial charge < -0.3 is 29.4 Å². The first kappa shape index (κ1) is 23.5. The molecule has 1 atom stereocenters. The van der Waals surface area contributed by atoms with Crippen LogP contribution in [0.5, 0.6) is 23.0 Å². The maximum absolute atomic E-state index is 14.3. The fraction of sp³-hybridized carbons (Fsp3) is 0.250. The molecule has 0 aliphatic heterocycles. The van der Waals surface area contributed by atoms with E-state index in [4.69, 9.17) is 30.5 Å². The molecule has 0 aromatic heterocycles. The van der Waals surface area contributed by atoms with Crippen molar-refractivity contribution in [3.8, 4) is 23.0 Å². The Hall–Kier alpha value is -3.16. The number of hydrogen-bond donors (Lipinski definition) is 2. The van der Waals surface area contributed by atoms with E-state index < -0.39 is 11.9 Å². The minimum atomic E-state index is -1.15. The van der Waals surface area contributed by atoms with Crippen molar-refractivity contribution in [3.05, 3.63) is 76.1 Å². The van der Waals surface area contributed by atoms with Crippen molar-refractivity contribution in [2.45, 2.75) is 12.6 Å². The Bertz CT molecular complexity index is 1090. The summed E-state index contributed by atoms with van der Waals surface area (Å²) < 4.78 is 35.7. The van der Waals surface area contributed by atoms with E-state index in [0.717, 1.165) is 5.56 Å². The van der Waals surface area contributed by atoms with E-state index in [2.05, 4.69) is 5.32 Å². The first-order valence-corrected chi connectivity index (χ1v) is 10.1. The molecule has 32 heavy (non-hydrogen) atoms. The van der Waals surface area contributed by atoms with Gasteiger partial charge in [0.1, 0.15) is 23.4 Å². The number of aliphatic hydroxyl groups excluding tert-OH is 1. The molecule has 2 N–H and O–H groups in total. The number of aliphatic hydroxyl groups is 1. The second-order valence-electron chi connectivity index (χ2n) is 6.87. The molecule has 0 aliphatic carbocycles. The Morgan fingerprint density at radius 3 is 2.31 bits per heavy atom. The summed E-state index contributed by atoms with van der Waals surface area (Å²) in [5, 5.41) is 14.3. The molecule has 0 fully saturated rings. The third kappa shape index (κ3) is 4.84. The predicted molar refractivity (Wildman–Crippen MR) is 122 cm³/mol. The Balaban J connectivity index is 1.98. The van der Waals surface area contributed by atoms with Crippen LogP contribution in [0.25, 0.3) is 0 Å². The number of halogens is 2. The lowest BCUT2D eigenvalue weighted by Gasteiger charge is -2.21. The number of hydrogen-bond acceptors (Lipinski definition) is 6. The minimum absolute atomic E-state index is 0.103. The molecule has 0 spiro atoms. The molecule has 0 heterocycles. The van der Waals surface area contributed by atoms with E-state index in [9.17, 15) is 9.50 Å². The predicted octanol–water partition coefficient (Wildman–Crippen LogP) is 5.21. The normalized spacial score (nSPS) is 11.6. The molecule has 3 rings (SSSR count). The molecule has 8 heteroatoms. The van der Waals surface area contributed by atoms with Gasteiger partial charge >= 0.3 is 0 Å². The molecular weight excluding hydrogens is 437 g/mol. The van der Waals surface area contributed by atoms with E-state index in [1.54, 1.807) is 44.6 Å². The van der Waals surface area contributed by atoms with Crippen molar-refractivity contribution in [1.82, 2.24) is 0 Å². The number of benzene rings is 3. The van der Waals surface area contributed by atoms with Gasteiger partial charge in [-0.1, -0.05) is 23.7 Å². The van der Waals surface area contributed by atoms with Crippen LogP contribution >= 0.6 is 11.6 Å². The van der Waals surface area contributed by atoms with Crippen molar-refractivity contribution < 1.29 is 28.4 Å². The van der Waals surface area contributed by atoms with Crippen LogP contribution in [0.3, 0.4) is 0 Å². The van der Waals surface area contributed by atoms with Crippen LogP contribution in [0.4, 0.5) is 10.1 Å². The maximum Gasteiger partial charge on any atom is 0.166 e. The lowest BCUT2D eigenvalue weighted by Crippen LogP contribution is -2.10. The van der Waals surface area contributed by atoms with Gasteiger partial charge in [0.15, 0.2) is 11.5 Å². The summed E-state index contributed by atoms with van der Waals surface area (Å²) in [5.41, 5.74) is 2.04. The topological polar surface area (TPSA) is 69.2 Å². The summed E-state index contributed by atoms with van der Waals surface area (Å²) in [7, 11) is 6.13. The monoisotopic (exact) mass is 461 g/mol. The van der Waals surface area contributed by atoms with Crippen LogP contribution < -0.4 is 24.3 Å². The van der Waals surface area contributed by atoms with Crippen LogP contribution in [0, 0.1) is 5.82 Å². The second kappa shape index (κ2) is 10.4. The Kier molecular flexibility index (Phi) is 7.66. The average Bonchev–Trinajstić information content (AvgIpc) is 2.83. The zero-order valence-corrected chi connectivity index (χ0v) is 19.0. The first-order valence-electron chi connectivity index (χ1n) is 9.76. The summed E-state index contributed by atoms with van der Waals surface area (Å²) in [6.45, 7) is 0.309. The SMILES string of the molecule is COc1ccc(CNc2cc(F)c(Cl)cc2C(O)c2cccc(OC)c2OC)c(OC)c1. The van der Waals surface area contributed by atoms with E-state index in [-0.39, 0.29) is 5.02 Å². The van der Waals surface area contributed by atoms with E-state index in [1.165, 1.54) is 26.4 Å². The molecule has 0 aliphatic rings. The number of anilines is 1. The summed E-state index contributed by atoms with van der Waals surface area (Å²) in [4.78, 5) is 0. The van der Waals surface area contributed by atoms with Crippen molar-refractivity contribution in [2.24, 2.45) is 0 Å². The van der Waals surface area contributed by atoms with Crippen molar-refractivity contribution >= 4 is 17.3 Å². The van der Waals surface area contributed by atoms with Gasteiger partial charge in [-0.05, 0) is 30.3 Å². The molecule has 0 saturated heterocycles. The van der Waals surface area contributed by atoms with Crippen molar-refractivity contribution in [3.63, 3.8) is 0 Å². The molecule has 170 valence electrons. The Morgan fingerprint density at radius 1 is 0.906 bits per heavy atom. The standard InChI is InChI=1S/C24H25ClFNO5/c1-29-15-9-8-14(22(10-15)31-3)13-27-20-12-19(26)18(25)11-17(20)23(28)16-6-5-7-21(30-2)24(16)32-4/h5-12,23,27-28H,13H2,1-4H3. The van der Waals surface area contributed by atoms with Gasteiger partial charge in [-0.2, -0.15) is 0 Å². The second-order valence-corrected chi connectivity index (χ2v) is 7.28. The highest BCUT2D eigenvalue weighted by molar-refractivity contribution is 6.30. The van der Waals surface area contributed by atoms with Gasteiger partial charge in [0, 0.05) is 35.0 Å². The summed E-state index contributed by atoms with van der Waals surface area (Å²) in [6, 6.07) is 13.2. The zero-order chi connectivity index (χ0) is 23.3. The average molecular weight is 462 g/mol. The summed E-state index contributed by atoms with van der Waals surface area (Å²) in [5.74, 6) is 1.51. The highest BCUT2D eigenvalue weighted by Gasteiger charge is 2.23. The van der Waals surface area contributed by atoms with Crippen LogP contribution in [-0.4, -0.2) is 33.5 Å². The Labute approximate surface area is 191 Å². The fourth-order valence-corrected chi connectivity index (χ4v) is 3.60. The third-order valence-electron chi connectivity index (χ3n) is 5.08. The van der Waals surface area contributed by atoms with Gasteiger partial charge in [-0.3, -0.25) is 0 Å². The zero-order valence-electron chi connectivity index (χ0n) is 18.2. The van der Waals surface area contributed by atoms with Crippen LogP contribution in [-0.2, 0) is 6.54 Å². The van der Waals surface area contributed by atoms with Gasteiger partial charge in [-0.15, -0.1) is 0 Å². The summed E-state index contributed by atoms with van der Waals surface area (Å²) in [6.07, 6.45) is -1.15. The smallest absolute Gasteiger partial charge is 0.166 e. The van der Waals surface area contributed by atoms with E-state index in [1.807, 2.05) is 6.07 Å². The number of para-hydroxylation sites is 1. The largest absolute Gasteiger partial charge is 0.497 e. The number of nitrogens with one attached hydrogen (secondary N) is 1. The van der Waals surface area contributed by atoms with Gasteiger partial charge in [0.2, 0.25) is 0 Å². The van der Waals surface area contributed by atoms with Crippen LogP contribution in [0.15, 0.2) is 48.5 Å². The molecule has 0 bridgehead atoms. The quantitative estimate of drug-likeness (QED) is 0.456. The number of ether oxygens (including phenoxy) is 4. The lowest BCUT2D eigenvalue weighted by molar-refractivity contribution is 0.213. The van der Waals surface area contributed by atoms with Gasteiger partial charge in [0.05, 0.1) is 33.5 Å². The molecule has 0 radical (unpaired) electrons. The lowest BCUT2D eigenvalue weighted by atomic mass is 9.98. The molecule has 3 aromatic rings. The van der Waals surface area contributed by atoms with Crippen molar-refractivity contribution in [1.29, 1.82) is 0 Å². The number of methoxy groups -OCH3 is 4. The van der Waals surface area contributed by atoms with Crippen LogP contribution in [0.1, 0.15) is 22.8 Å². The molecule has 0 saturated carbocycles. The van der Waals surface area contributed by atoms with Crippen LogP contribution in [0.2, 0.25) is 5.02 Å². The third-order valence-corrected chi connectivity index (χ3v) is 5.37. The highest BCUT2D eigenvalue weighted by atomic mass is 35.5. The molecule has 6 nitrogen and oxygen atoms in total. The van der Waals surface area contributed by atoms with Gasteiger partial charge in [0.25, 0.3) is 0 Å². The molecule has 3 aromatic carbocycles. The maximum atomic E-state index is 14.3. The highest BCUT2D eigenvalue weighted by Crippen LogP contribution is 2.40. The summed E-state index contributed by atoms with van der Waals surface area (Å²) >= 11 is 6.04. The molecular formula is C24H25ClFNO5. The number of rotatable bonds is 9. The molecule has 1 unspecified atom stereocenters.